The smallest absolute Gasteiger partial charge is 0.117 e. The van der Waals surface area contributed by atoms with Crippen LogP contribution in [-0.4, -0.2) is 12.3 Å². The Morgan fingerprint density at radius 1 is 1.25 bits per heavy atom. The topological polar surface area (TPSA) is 38.3 Å². The highest BCUT2D eigenvalue weighted by Crippen LogP contribution is 2.22. The van der Waals surface area contributed by atoms with Crippen LogP contribution in [-0.2, 0) is 6.54 Å². The summed E-state index contributed by atoms with van der Waals surface area (Å²) >= 11 is 1.80. The molecule has 86 valence electrons. The van der Waals surface area contributed by atoms with E-state index in [1.807, 2.05) is 25.1 Å². The number of rotatable bonds is 6. The summed E-state index contributed by atoms with van der Waals surface area (Å²) in [4.78, 5) is 1.22. The molecule has 3 nitrogen and oxygen atoms in total. The number of nitrogens with one attached hydrogen (secondary N) is 1. The molecule has 0 aromatic carbocycles. The number of aryl methyl sites for hydroxylation is 1. The van der Waals surface area contributed by atoms with Crippen LogP contribution in [0.5, 0.6) is 0 Å². The minimum absolute atomic E-state index is 0.790. The Morgan fingerprint density at radius 3 is 2.88 bits per heavy atom. The Labute approximate surface area is 99.2 Å². The zero-order valence-corrected chi connectivity index (χ0v) is 10.0. The zero-order chi connectivity index (χ0) is 11.2. The SMILES string of the molecule is Cc1occc1SCCNCc1ccco1. The van der Waals surface area contributed by atoms with Crippen LogP contribution in [0, 0.1) is 6.92 Å². The van der Waals surface area contributed by atoms with E-state index in [-0.39, 0.29) is 0 Å². The van der Waals surface area contributed by atoms with Gasteiger partial charge in [0.05, 0.1) is 19.1 Å². The Bertz CT molecular complexity index is 408. The third-order valence-electron chi connectivity index (χ3n) is 2.23. The van der Waals surface area contributed by atoms with Gasteiger partial charge in [-0.25, -0.2) is 0 Å². The summed E-state index contributed by atoms with van der Waals surface area (Å²) in [5.41, 5.74) is 0. The molecule has 0 saturated heterocycles. The summed E-state index contributed by atoms with van der Waals surface area (Å²) in [7, 11) is 0. The van der Waals surface area contributed by atoms with E-state index < -0.39 is 0 Å². The van der Waals surface area contributed by atoms with Gasteiger partial charge in [-0.2, -0.15) is 0 Å². The van der Waals surface area contributed by atoms with Gasteiger partial charge in [-0.3, -0.25) is 0 Å². The first-order chi connectivity index (χ1) is 7.86. The summed E-state index contributed by atoms with van der Waals surface area (Å²) in [6.45, 7) is 3.73. The van der Waals surface area contributed by atoms with Crippen molar-refractivity contribution in [1.29, 1.82) is 0 Å². The molecule has 0 unspecified atom stereocenters. The summed E-state index contributed by atoms with van der Waals surface area (Å²) in [5.74, 6) is 3.00. The largest absolute Gasteiger partial charge is 0.468 e. The highest BCUT2D eigenvalue weighted by molar-refractivity contribution is 7.99. The van der Waals surface area contributed by atoms with E-state index in [0.29, 0.717) is 0 Å². The maximum Gasteiger partial charge on any atom is 0.117 e. The lowest BCUT2D eigenvalue weighted by atomic mass is 10.4. The molecular formula is C12H15NO2S. The molecule has 0 spiro atoms. The molecule has 2 aromatic rings. The van der Waals surface area contributed by atoms with Crippen molar-refractivity contribution in [3.8, 4) is 0 Å². The van der Waals surface area contributed by atoms with Crippen LogP contribution in [0.15, 0.2) is 44.5 Å². The molecule has 0 bridgehead atoms. The fourth-order valence-electron chi connectivity index (χ4n) is 1.38. The average molecular weight is 237 g/mol. The first kappa shape index (κ1) is 11.4. The molecule has 2 aromatic heterocycles. The van der Waals surface area contributed by atoms with Gasteiger partial charge in [-0.1, -0.05) is 0 Å². The summed E-state index contributed by atoms with van der Waals surface area (Å²) in [5, 5.41) is 3.32. The molecule has 2 heterocycles. The second-order valence-corrected chi connectivity index (χ2v) is 4.58. The molecule has 0 aliphatic carbocycles. The Hall–Kier alpha value is -1.13. The molecule has 0 aliphatic rings. The Morgan fingerprint density at radius 2 is 2.19 bits per heavy atom. The third-order valence-corrected chi connectivity index (χ3v) is 3.37. The molecule has 0 aliphatic heterocycles. The van der Waals surface area contributed by atoms with Crippen LogP contribution in [0.3, 0.4) is 0 Å². The monoisotopic (exact) mass is 237 g/mol. The van der Waals surface area contributed by atoms with Crippen LogP contribution in [0.1, 0.15) is 11.5 Å². The van der Waals surface area contributed by atoms with Gasteiger partial charge in [0.2, 0.25) is 0 Å². The molecule has 0 atom stereocenters. The maximum absolute atomic E-state index is 5.22. The summed E-state index contributed by atoms with van der Waals surface area (Å²) < 4.78 is 10.4. The molecule has 0 radical (unpaired) electrons. The lowest BCUT2D eigenvalue weighted by molar-refractivity contribution is 0.488. The second kappa shape index (κ2) is 5.82. The predicted molar refractivity (Wildman–Crippen MR) is 64.6 cm³/mol. The fourth-order valence-corrected chi connectivity index (χ4v) is 2.25. The number of thioether (sulfide) groups is 1. The summed E-state index contributed by atoms with van der Waals surface area (Å²) in [6.07, 6.45) is 3.43. The van der Waals surface area contributed by atoms with Crippen LogP contribution >= 0.6 is 11.8 Å². The van der Waals surface area contributed by atoms with Crippen molar-refractivity contribution in [2.75, 3.05) is 12.3 Å². The molecular weight excluding hydrogens is 222 g/mol. The number of furan rings is 2. The number of hydrogen-bond donors (Lipinski definition) is 1. The van der Waals surface area contributed by atoms with Gasteiger partial charge in [0.25, 0.3) is 0 Å². The molecule has 0 amide bonds. The van der Waals surface area contributed by atoms with Gasteiger partial charge < -0.3 is 14.2 Å². The molecule has 0 saturated carbocycles. The average Bonchev–Trinajstić information content (AvgIpc) is 2.90. The van der Waals surface area contributed by atoms with Crippen LogP contribution in [0.2, 0.25) is 0 Å². The lowest BCUT2D eigenvalue weighted by Gasteiger charge is -2.02. The normalized spacial score (nSPS) is 10.8. The third kappa shape index (κ3) is 3.18. The van der Waals surface area contributed by atoms with Gasteiger partial charge in [-0.05, 0) is 25.1 Å². The van der Waals surface area contributed by atoms with E-state index in [1.165, 1.54) is 4.90 Å². The zero-order valence-electron chi connectivity index (χ0n) is 9.23. The van der Waals surface area contributed by atoms with Crippen molar-refractivity contribution in [2.24, 2.45) is 0 Å². The Kier molecular flexibility index (Phi) is 4.13. The Balaban J connectivity index is 1.61. The van der Waals surface area contributed by atoms with E-state index in [9.17, 15) is 0 Å². The minimum Gasteiger partial charge on any atom is -0.468 e. The lowest BCUT2D eigenvalue weighted by Crippen LogP contribution is -2.15. The van der Waals surface area contributed by atoms with Gasteiger partial charge in [0, 0.05) is 17.2 Å². The molecule has 0 fully saturated rings. The van der Waals surface area contributed by atoms with Crippen molar-refractivity contribution < 1.29 is 8.83 Å². The van der Waals surface area contributed by atoms with Crippen LogP contribution < -0.4 is 5.32 Å². The van der Waals surface area contributed by atoms with Crippen molar-refractivity contribution in [1.82, 2.24) is 5.32 Å². The molecule has 16 heavy (non-hydrogen) atoms. The van der Waals surface area contributed by atoms with Gasteiger partial charge in [-0.15, -0.1) is 11.8 Å². The van der Waals surface area contributed by atoms with Crippen molar-refractivity contribution in [2.45, 2.75) is 18.4 Å². The van der Waals surface area contributed by atoms with E-state index in [0.717, 1.165) is 30.4 Å². The van der Waals surface area contributed by atoms with Gasteiger partial charge in [0.15, 0.2) is 0 Å². The van der Waals surface area contributed by atoms with Crippen molar-refractivity contribution in [3.63, 3.8) is 0 Å². The highest BCUT2D eigenvalue weighted by Gasteiger charge is 2.01. The number of hydrogen-bond acceptors (Lipinski definition) is 4. The van der Waals surface area contributed by atoms with E-state index >= 15 is 0 Å². The summed E-state index contributed by atoms with van der Waals surface area (Å²) in [6, 6.07) is 5.88. The molecule has 2 rings (SSSR count). The van der Waals surface area contributed by atoms with Crippen molar-refractivity contribution >= 4 is 11.8 Å². The maximum atomic E-state index is 5.22. The van der Waals surface area contributed by atoms with Crippen LogP contribution in [0.4, 0.5) is 0 Å². The highest BCUT2D eigenvalue weighted by atomic mass is 32.2. The first-order valence-corrected chi connectivity index (χ1v) is 6.25. The first-order valence-electron chi connectivity index (χ1n) is 5.26. The van der Waals surface area contributed by atoms with E-state index in [4.69, 9.17) is 8.83 Å². The van der Waals surface area contributed by atoms with E-state index in [2.05, 4.69) is 5.32 Å². The predicted octanol–water partition coefficient (Wildman–Crippen LogP) is 3.06. The standard InChI is InChI=1S/C12H15NO2S/c1-10-12(4-7-14-10)16-8-5-13-9-11-3-2-6-15-11/h2-4,6-7,13H,5,8-9H2,1H3. The van der Waals surface area contributed by atoms with Crippen LogP contribution in [0.25, 0.3) is 0 Å². The molecule has 1 N–H and O–H groups in total. The van der Waals surface area contributed by atoms with Crippen molar-refractivity contribution in [3.05, 3.63) is 42.2 Å². The van der Waals surface area contributed by atoms with Gasteiger partial charge >= 0.3 is 0 Å². The minimum atomic E-state index is 0.790. The second-order valence-electron chi connectivity index (χ2n) is 3.45. The fraction of sp³-hybridized carbons (Fsp3) is 0.333. The van der Waals surface area contributed by atoms with E-state index in [1.54, 1.807) is 24.3 Å². The van der Waals surface area contributed by atoms with Gasteiger partial charge in [0.1, 0.15) is 11.5 Å². The quantitative estimate of drug-likeness (QED) is 0.619. The molecule has 4 heteroatoms.